The van der Waals surface area contributed by atoms with Crippen molar-refractivity contribution in [1.82, 2.24) is 4.90 Å². The van der Waals surface area contributed by atoms with Crippen LogP contribution in [0.5, 0.6) is 0 Å². The Bertz CT molecular complexity index is 483. The van der Waals surface area contributed by atoms with Crippen LogP contribution in [-0.4, -0.2) is 40.9 Å². The van der Waals surface area contributed by atoms with Gasteiger partial charge in [-0.15, -0.1) is 0 Å². The van der Waals surface area contributed by atoms with Crippen molar-refractivity contribution in [2.24, 2.45) is 0 Å². The van der Waals surface area contributed by atoms with E-state index in [1.54, 1.807) is 19.9 Å². The van der Waals surface area contributed by atoms with Gasteiger partial charge in [-0.05, 0) is 44.7 Å². The number of rotatable bonds is 4. The molecule has 0 fully saturated rings. The molecule has 0 atom stereocenters. The maximum Gasteiger partial charge on any atom is 0.124 e. The molecule has 0 saturated carbocycles. The van der Waals surface area contributed by atoms with Crippen molar-refractivity contribution < 1.29 is 14.6 Å². The van der Waals surface area contributed by atoms with Gasteiger partial charge < -0.3 is 10.2 Å². The van der Waals surface area contributed by atoms with Gasteiger partial charge in [-0.3, -0.25) is 4.90 Å². The summed E-state index contributed by atoms with van der Waals surface area (Å²) in [5.74, 6) is 4.83. The Hall–Kier alpha value is -1.41. The summed E-state index contributed by atoms with van der Waals surface area (Å²) >= 11 is 0. The second kappa shape index (κ2) is 6.67. The SMILES string of the molecule is CN(Cc1cc(F)cc(C#CCO)c1)CC(C)(C)O. The number of nitrogens with zero attached hydrogens (tertiary/aromatic N) is 1. The Morgan fingerprint density at radius 2 is 2.00 bits per heavy atom. The van der Waals surface area contributed by atoms with Crippen LogP contribution < -0.4 is 0 Å². The normalized spacial score (nSPS) is 11.3. The van der Waals surface area contributed by atoms with E-state index in [0.29, 0.717) is 18.7 Å². The fourth-order valence-corrected chi connectivity index (χ4v) is 1.98. The van der Waals surface area contributed by atoms with Crippen LogP contribution in [-0.2, 0) is 6.54 Å². The molecule has 0 radical (unpaired) electrons. The summed E-state index contributed by atoms with van der Waals surface area (Å²) in [6.07, 6.45) is 0. The maximum atomic E-state index is 13.4. The Morgan fingerprint density at radius 3 is 2.58 bits per heavy atom. The third-order valence-electron chi connectivity index (χ3n) is 2.38. The standard InChI is InChI=1S/C15H20FNO2/c1-15(2,19)11-17(3)10-13-7-12(5-4-6-18)8-14(16)9-13/h7-9,18-19H,6,10-11H2,1-3H3. The van der Waals surface area contributed by atoms with Gasteiger partial charge in [-0.1, -0.05) is 11.8 Å². The molecule has 104 valence electrons. The summed E-state index contributed by atoms with van der Waals surface area (Å²) in [5.41, 5.74) is 0.538. The van der Waals surface area contributed by atoms with Gasteiger partial charge in [0, 0.05) is 18.7 Å². The first-order valence-corrected chi connectivity index (χ1v) is 6.10. The van der Waals surface area contributed by atoms with Crippen molar-refractivity contribution in [2.75, 3.05) is 20.2 Å². The first-order chi connectivity index (χ1) is 8.80. The number of likely N-dealkylation sites (N-methyl/N-ethyl adjacent to an activating group) is 1. The summed E-state index contributed by atoms with van der Waals surface area (Å²) in [6.45, 7) is 4.22. The van der Waals surface area contributed by atoms with Crippen LogP contribution >= 0.6 is 0 Å². The molecule has 0 aliphatic rings. The van der Waals surface area contributed by atoms with Gasteiger partial charge in [0.05, 0.1) is 5.60 Å². The van der Waals surface area contributed by atoms with Gasteiger partial charge in [0.1, 0.15) is 12.4 Å². The van der Waals surface area contributed by atoms with E-state index in [0.717, 1.165) is 5.56 Å². The average molecular weight is 265 g/mol. The van der Waals surface area contributed by atoms with Crippen molar-refractivity contribution in [3.05, 3.63) is 35.1 Å². The van der Waals surface area contributed by atoms with Crippen LogP contribution in [0.2, 0.25) is 0 Å². The van der Waals surface area contributed by atoms with Crippen LogP contribution in [0, 0.1) is 17.7 Å². The van der Waals surface area contributed by atoms with Crippen LogP contribution in [0.3, 0.4) is 0 Å². The van der Waals surface area contributed by atoms with E-state index in [1.807, 2.05) is 11.9 Å². The van der Waals surface area contributed by atoms with Crippen molar-refractivity contribution in [3.8, 4) is 11.8 Å². The van der Waals surface area contributed by atoms with Crippen LogP contribution in [0.1, 0.15) is 25.0 Å². The quantitative estimate of drug-likeness (QED) is 0.808. The molecule has 19 heavy (non-hydrogen) atoms. The molecule has 3 nitrogen and oxygen atoms in total. The second-order valence-electron chi connectivity index (χ2n) is 5.29. The molecule has 0 aliphatic carbocycles. The van der Waals surface area contributed by atoms with E-state index in [2.05, 4.69) is 11.8 Å². The minimum Gasteiger partial charge on any atom is -0.389 e. The largest absolute Gasteiger partial charge is 0.389 e. The highest BCUT2D eigenvalue weighted by Gasteiger charge is 2.15. The van der Waals surface area contributed by atoms with E-state index in [1.165, 1.54) is 12.1 Å². The highest BCUT2D eigenvalue weighted by atomic mass is 19.1. The first-order valence-electron chi connectivity index (χ1n) is 6.10. The lowest BCUT2D eigenvalue weighted by Gasteiger charge is -2.25. The maximum absolute atomic E-state index is 13.4. The molecule has 0 aliphatic heterocycles. The van der Waals surface area contributed by atoms with Crippen molar-refractivity contribution in [1.29, 1.82) is 0 Å². The molecule has 0 heterocycles. The topological polar surface area (TPSA) is 43.7 Å². The molecule has 0 unspecified atom stereocenters. The minimum absolute atomic E-state index is 0.246. The summed E-state index contributed by atoms with van der Waals surface area (Å²) in [4.78, 5) is 1.91. The van der Waals surface area contributed by atoms with Crippen molar-refractivity contribution in [2.45, 2.75) is 26.0 Å². The first kappa shape index (κ1) is 15.6. The summed E-state index contributed by atoms with van der Waals surface area (Å²) in [7, 11) is 1.86. The van der Waals surface area contributed by atoms with E-state index < -0.39 is 5.60 Å². The average Bonchev–Trinajstić information content (AvgIpc) is 2.22. The molecule has 1 rings (SSSR count). The summed E-state index contributed by atoms with van der Waals surface area (Å²) in [5, 5.41) is 18.4. The fourth-order valence-electron chi connectivity index (χ4n) is 1.98. The zero-order chi connectivity index (χ0) is 14.5. The Balaban J connectivity index is 2.81. The predicted octanol–water partition coefficient (Wildman–Crippen LogP) is 1.37. The molecule has 0 spiro atoms. The molecule has 1 aromatic rings. The van der Waals surface area contributed by atoms with Crippen molar-refractivity contribution >= 4 is 0 Å². The molecule has 0 amide bonds. The number of halogens is 1. The number of aliphatic hydroxyl groups excluding tert-OH is 1. The van der Waals surface area contributed by atoms with Crippen molar-refractivity contribution in [3.63, 3.8) is 0 Å². The second-order valence-corrected chi connectivity index (χ2v) is 5.29. The molecule has 1 aromatic carbocycles. The summed E-state index contributed by atoms with van der Waals surface area (Å²) in [6, 6.07) is 4.57. The lowest BCUT2D eigenvalue weighted by Crippen LogP contribution is -2.35. The Labute approximate surface area is 113 Å². The lowest BCUT2D eigenvalue weighted by atomic mass is 10.1. The summed E-state index contributed by atoms with van der Waals surface area (Å²) < 4.78 is 13.4. The van der Waals surface area contributed by atoms with Gasteiger partial charge in [0.2, 0.25) is 0 Å². The van der Waals surface area contributed by atoms with Gasteiger partial charge in [0.25, 0.3) is 0 Å². The number of benzene rings is 1. The molecular weight excluding hydrogens is 245 g/mol. The minimum atomic E-state index is -0.790. The van der Waals surface area contributed by atoms with Crippen LogP contribution in [0.4, 0.5) is 4.39 Å². The smallest absolute Gasteiger partial charge is 0.124 e. The van der Waals surface area contributed by atoms with E-state index in [9.17, 15) is 9.50 Å². The number of hydrogen-bond donors (Lipinski definition) is 2. The van der Waals surface area contributed by atoms with Crippen LogP contribution in [0.25, 0.3) is 0 Å². The molecule has 0 aromatic heterocycles. The van der Waals surface area contributed by atoms with Gasteiger partial charge in [0.15, 0.2) is 0 Å². The predicted molar refractivity (Wildman–Crippen MR) is 73.0 cm³/mol. The third-order valence-corrected chi connectivity index (χ3v) is 2.38. The molecule has 4 heteroatoms. The molecular formula is C15H20FNO2. The number of aliphatic hydroxyl groups is 2. The third kappa shape index (κ3) is 6.35. The van der Waals surface area contributed by atoms with E-state index >= 15 is 0 Å². The van der Waals surface area contributed by atoms with Gasteiger partial charge in [-0.2, -0.15) is 0 Å². The molecule has 2 N–H and O–H groups in total. The fraction of sp³-hybridized carbons (Fsp3) is 0.467. The zero-order valence-corrected chi connectivity index (χ0v) is 11.6. The number of hydrogen-bond acceptors (Lipinski definition) is 3. The van der Waals surface area contributed by atoms with E-state index in [-0.39, 0.29) is 12.4 Å². The Morgan fingerprint density at radius 1 is 1.32 bits per heavy atom. The van der Waals surface area contributed by atoms with Gasteiger partial charge >= 0.3 is 0 Å². The molecule has 0 bridgehead atoms. The lowest BCUT2D eigenvalue weighted by molar-refractivity contribution is 0.0425. The van der Waals surface area contributed by atoms with Gasteiger partial charge in [-0.25, -0.2) is 4.39 Å². The Kier molecular flexibility index (Phi) is 5.49. The molecule has 0 saturated heterocycles. The highest BCUT2D eigenvalue weighted by molar-refractivity contribution is 5.37. The highest BCUT2D eigenvalue weighted by Crippen LogP contribution is 2.12. The zero-order valence-electron chi connectivity index (χ0n) is 11.6. The van der Waals surface area contributed by atoms with E-state index in [4.69, 9.17) is 5.11 Å². The monoisotopic (exact) mass is 265 g/mol. The van der Waals surface area contributed by atoms with Crippen LogP contribution in [0.15, 0.2) is 18.2 Å².